The summed E-state index contributed by atoms with van der Waals surface area (Å²) in [5.41, 5.74) is 2.27. The second-order valence-corrected chi connectivity index (χ2v) is 7.79. The lowest BCUT2D eigenvalue weighted by Crippen LogP contribution is -2.18. The van der Waals surface area contributed by atoms with Crippen LogP contribution in [0.15, 0.2) is 77.7 Å². The molecule has 3 aromatic carbocycles. The molecule has 0 fully saturated rings. The molecule has 0 bridgehead atoms. The molecule has 0 saturated carbocycles. The first-order valence-electron chi connectivity index (χ1n) is 8.52. The topological polar surface area (TPSA) is 63.2 Å². The highest BCUT2D eigenvalue weighted by Crippen LogP contribution is 2.22. The Hall–Kier alpha value is -2.86. The molecule has 2 radical (unpaired) electrons. The first kappa shape index (κ1) is 18.9. The minimum absolute atomic E-state index is 0.134. The lowest BCUT2D eigenvalue weighted by atomic mass is 9.91. The van der Waals surface area contributed by atoms with Crippen LogP contribution >= 0.6 is 0 Å². The van der Waals surface area contributed by atoms with Gasteiger partial charge in [0.2, 0.25) is 0 Å². The molecule has 0 atom stereocenters. The molecule has 0 aliphatic rings. The van der Waals surface area contributed by atoms with E-state index in [-0.39, 0.29) is 21.9 Å². The van der Waals surface area contributed by atoms with Crippen LogP contribution in [0.5, 0.6) is 0 Å². The van der Waals surface area contributed by atoms with Crippen molar-refractivity contribution in [3.8, 4) is 0 Å². The summed E-state index contributed by atoms with van der Waals surface area (Å²) >= 11 is 0. The molecular weight excluding hydrogens is 357 g/mol. The molecule has 3 rings (SSSR count). The fourth-order valence-corrected chi connectivity index (χ4v) is 3.77. The molecule has 0 aromatic heterocycles. The van der Waals surface area contributed by atoms with E-state index in [9.17, 15) is 13.2 Å². The lowest BCUT2D eigenvalue weighted by molar-refractivity contribution is 0.103. The smallest absolute Gasteiger partial charge is 0.261 e. The van der Waals surface area contributed by atoms with Crippen LogP contribution < -0.4 is 10.2 Å². The summed E-state index contributed by atoms with van der Waals surface area (Å²) in [5, 5.41) is 0. The summed E-state index contributed by atoms with van der Waals surface area (Å²) in [5.74, 6) is -0.304. The van der Waals surface area contributed by atoms with Crippen molar-refractivity contribution < 1.29 is 13.2 Å². The van der Waals surface area contributed by atoms with Crippen molar-refractivity contribution in [2.45, 2.75) is 18.2 Å². The number of benzene rings is 3. The van der Waals surface area contributed by atoms with Crippen LogP contribution in [-0.2, 0) is 16.4 Å². The Labute approximate surface area is 160 Å². The molecule has 6 heteroatoms. The van der Waals surface area contributed by atoms with Gasteiger partial charge >= 0.3 is 0 Å². The Morgan fingerprint density at radius 3 is 2.26 bits per heavy atom. The molecule has 27 heavy (non-hydrogen) atoms. The van der Waals surface area contributed by atoms with E-state index in [2.05, 4.69) is 4.72 Å². The van der Waals surface area contributed by atoms with Crippen LogP contribution in [0.25, 0.3) is 0 Å². The lowest BCUT2D eigenvalue weighted by Gasteiger charge is -2.13. The first-order valence-corrected chi connectivity index (χ1v) is 10.00. The molecule has 3 aromatic rings. The maximum atomic E-state index is 12.8. The van der Waals surface area contributed by atoms with E-state index in [1.807, 2.05) is 6.92 Å². The third-order valence-corrected chi connectivity index (χ3v) is 5.59. The highest BCUT2D eigenvalue weighted by molar-refractivity contribution is 7.92. The predicted molar refractivity (Wildman–Crippen MR) is 108 cm³/mol. The summed E-state index contributed by atoms with van der Waals surface area (Å²) in [7, 11) is 1.99. The highest BCUT2D eigenvalue weighted by atomic mass is 32.2. The molecule has 4 nitrogen and oxygen atoms in total. The molecule has 0 unspecified atom stereocenters. The zero-order valence-corrected chi connectivity index (χ0v) is 15.7. The maximum absolute atomic E-state index is 12.8. The molecule has 1 N–H and O–H groups in total. The minimum atomic E-state index is -3.83. The number of ketones is 1. The number of nitrogens with one attached hydrogen (secondary N) is 1. The van der Waals surface area contributed by atoms with Crippen LogP contribution in [0.4, 0.5) is 5.69 Å². The molecule has 0 aliphatic heterocycles. The molecule has 0 heterocycles. The number of hydrogen-bond acceptors (Lipinski definition) is 3. The van der Waals surface area contributed by atoms with Gasteiger partial charge in [-0.2, -0.15) is 0 Å². The van der Waals surface area contributed by atoms with E-state index in [0.717, 1.165) is 12.0 Å². The zero-order valence-electron chi connectivity index (χ0n) is 14.8. The summed E-state index contributed by atoms with van der Waals surface area (Å²) in [6.45, 7) is 2.00. The first-order chi connectivity index (χ1) is 12.9. The van der Waals surface area contributed by atoms with Crippen LogP contribution in [0.1, 0.15) is 28.4 Å². The Balaban J connectivity index is 1.98. The third-order valence-electron chi connectivity index (χ3n) is 4.21. The van der Waals surface area contributed by atoms with Gasteiger partial charge in [-0.1, -0.05) is 67.0 Å². The fourth-order valence-electron chi connectivity index (χ4n) is 2.69. The summed E-state index contributed by atoms with van der Waals surface area (Å²) < 4.78 is 28.0. The number of carbonyl (C=O) groups is 1. The van der Waals surface area contributed by atoms with Crippen molar-refractivity contribution in [3.63, 3.8) is 0 Å². The van der Waals surface area contributed by atoms with E-state index in [1.165, 1.54) is 12.1 Å². The second kappa shape index (κ2) is 7.80. The van der Waals surface area contributed by atoms with Gasteiger partial charge in [0.15, 0.2) is 5.78 Å². The Morgan fingerprint density at radius 2 is 1.63 bits per heavy atom. The van der Waals surface area contributed by atoms with E-state index >= 15 is 0 Å². The Morgan fingerprint density at radius 1 is 0.963 bits per heavy atom. The van der Waals surface area contributed by atoms with Gasteiger partial charge in [-0.15, -0.1) is 0 Å². The Bertz CT molecular complexity index is 1060. The van der Waals surface area contributed by atoms with E-state index in [4.69, 9.17) is 7.85 Å². The van der Waals surface area contributed by atoms with Gasteiger partial charge in [-0.05, 0) is 30.2 Å². The van der Waals surface area contributed by atoms with Crippen molar-refractivity contribution in [2.24, 2.45) is 0 Å². The molecular formula is C21H18BNO3S. The van der Waals surface area contributed by atoms with Crippen molar-refractivity contribution in [1.29, 1.82) is 0 Å². The van der Waals surface area contributed by atoms with Gasteiger partial charge in [0.05, 0.1) is 10.6 Å². The van der Waals surface area contributed by atoms with Crippen LogP contribution in [0.2, 0.25) is 0 Å². The van der Waals surface area contributed by atoms with Gasteiger partial charge in [0, 0.05) is 11.1 Å². The monoisotopic (exact) mass is 375 g/mol. The summed E-state index contributed by atoms with van der Waals surface area (Å²) in [6, 6.07) is 19.8. The number of hydrogen-bond donors (Lipinski definition) is 1. The van der Waals surface area contributed by atoms with Gasteiger partial charge in [-0.25, -0.2) is 8.42 Å². The maximum Gasteiger partial charge on any atom is 0.261 e. The molecule has 0 amide bonds. The standard InChI is InChI=1S/C21H18BNO3S/c1-2-15-8-11-18(12-9-15)27(25,26)23-20-13-10-17(22)14-19(20)21(24)16-6-4-3-5-7-16/h3-14,23H,2H2,1H3. The highest BCUT2D eigenvalue weighted by Gasteiger charge is 2.19. The molecule has 0 spiro atoms. The molecule has 134 valence electrons. The molecule has 0 saturated heterocycles. The zero-order chi connectivity index (χ0) is 19.4. The van der Waals surface area contributed by atoms with E-state index in [0.29, 0.717) is 11.0 Å². The van der Waals surface area contributed by atoms with Crippen LogP contribution in [-0.4, -0.2) is 22.0 Å². The summed E-state index contributed by atoms with van der Waals surface area (Å²) in [4.78, 5) is 13.0. The minimum Gasteiger partial charge on any atom is -0.289 e. The average Bonchev–Trinajstić information content (AvgIpc) is 2.69. The number of anilines is 1. The predicted octanol–water partition coefficient (Wildman–Crippen LogP) is 3.07. The number of sulfonamides is 1. The quantitative estimate of drug-likeness (QED) is 0.532. The van der Waals surface area contributed by atoms with Crippen molar-refractivity contribution in [3.05, 3.63) is 89.5 Å². The van der Waals surface area contributed by atoms with Gasteiger partial charge in [0.1, 0.15) is 7.85 Å². The average molecular weight is 375 g/mol. The van der Waals surface area contributed by atoms with Crippen LogP contribution in [0.3, 0.4) is 0 Å². The van der Waals surface area contributed by atoms with E-state index < -0.39 is 10.0 Å². The van der Waals surface area contributed by atoms with Crippen molar-refractivity contribution in [2.75, 3.05) is 4.72 Å². The van der Waals surface area contributed by atoms with Crippen molar-refractivity contribution in [1.82, 2.24) is 0 Å². The fraction of sp³-hybridized carbons (Fsp3) is 0.0952. The number of aryl methyl sites for hydroxylation is 1. The largest absolute Gasteiger partial charge is 0.289 e. The second-order valence-electron chi connectivity index (χ2n) is 6.10. The number of carbonyl (C=O) groups excluding carboxylic acids is 1. The van der Waals surface area contributed by atoms with Gasteiger partial charge < -0.3 is 0 Å². The molecule has 0 aliphatic carbocycles. The van der Waals surface area contributed by atoms with E-state index in [1.54, 1.807) is 60.7 Å². The van der Waals surface area contributed by atoms with Gasteiger partial charge in [-0.3, -0.25) is 9.52 Å². The normalized spacial score (nSPS) is 11.1. The Kier molecular flexibility index (Phi) is 5.47. The van der Waals surface area contributed by atoms with Gasteiger partial charge in [0.25, 0.3) is 10.0 Å². The SMILES string of the molecule is [B]c1ccc(NS(=O)(=O)c2ccc(CC)cc2)c(C(=O)c2ccccc2)c1. The van der Waals surface area contributed by atoms with Crippen molar-refractivity contribution >= 4 is 34.8 Å². The third kappa shape index (κ3) is 4.28. The summed E-state index contributed by atoms with van der Waals surface area (Å²) in [6.07, 6.45) is 0.821. The van der Waals surface area contributed by atoms with Crippen LogP contribution in [0, 0.1) is 0 Å². The number of rotatable bonds is 6.